The van der Waals surface area contributed by atoms with Gasteiger partial charge >= 0.3 is 6.03 Å². The van der Waals surface area contributed by atoms with Crippen LogP contribution in [0, 0.1) is 11.3 Å². The molecule has 4 amide bonds. The van der Waals surface area contributed by atoms with Crippen molar-refractivity contribution < 1.29 is 19.1 Å². The van der Waals surface area contributed by atoms with Crippen molar-refractivity contribution in [2.75, 3.05) is 26.3 Å². The van der Waals surface area contributed by atoms with Crippen LogP contribution in [0.3, 0.4) is 0 Å². The molecule has 1 aliphatic carbocycles. The van der Waals surface area contributed by atoms with Gasteiger partial charge < -0.3 is 15.0 Å². The van der Waals surface area contributed by atoms with Gasteiger partial charge in [0.2, 0.25) is 5.91 Å². The quantitative estimate of drug-likeness (QED) is 0.746. The van der Waals surface area contributed by atoms with E-state index in [1.165, 1.54) is 0 Å². The normalized spacial score (nSPS) is 31.4. The molecule has 3 rings (SSSR count). The summed E-state index contributed by atoms with van der Waals surface area (Å²) in [6.07, 6.45) is 3.11. The van der Waals surface area contributed by atoms with Crippen molar-refractivity contribution in [2.24, 2.45) is 11.3 Å². The van der Waals surface area contributed by atoms with Crippen LogP contribution >= 0.6 is 0 Å². The van der Waals surface area contributed by atoms with Crippen LogP contribution in [0.4, 0.5) is 4.79 Å². The Kier molecular flexibility index (Phi) is 5.04. The lowest BCUT2D eigenvalue weighted by molar-refractivity contribution is -0.150. The Balaban J connectivity index is 1.67. The van der Waals surface area contributed by atoms with Crippen LogP contribution in [-0.4, -0.2) is 65.0 Å². The van der Waals surface area contributed by atoms with Gasteiger partial charge in [0.1, 0.15) is 12.1 Å². The summed E-state index contributed by atoms with van der Waals surface area (Å²) in [5, 5.41) is 2.91. The Morgan fingerprint density at radius 3 is 2.41 bits per heavy atom. The monoisotopic (exact) mass is 379 g/mol. The van der Waals surface area contributed by atoms with E-state index in [0.29, 0.717) is 38.5 Å². The number of carbonyl (C=O) groups excluding carboxylic acids is 3. The highest BCUT2D eigenvalue weighted by atomic mass is 16.5. The highest BCUT2D eigenvalue weighted by Gasteiger charge is 2.54. The van der Waals surface area contributed by atoms with E-state index >= 15 is 0 Å². The van der Waals surface area contributed by atoms with Crippen LogP contribution in [0.5, 0.6) is 0 Å². The molecule has 3 aliphatic rings. The molecule has 7 heteroatoms. The number of rotatable bonds is 2. The Morgan fingerprint density at radius 2 is 1.85 bits per heavy atom. The summed E-state index contributed by atoms with van der Waals surface area (Å²) >= 11 is 0. The topological polar surface area (TPSA) is 79.0 Å². The van der Waals surface area contributed by atoms with Gasteiger partial charge in [-0.1, -0.05) is 20.8 Å². The van der Waals surface area contributed by atoms with Crippen LogP contribution in [0.2, 0.25) is 0 Å². The van der Waals surface area contributed by atoms with Gasteiger partial charge in [0, 0.05) is 6.54 Å². The molecule has 0 aromatic carbocycles. The Hall–Kier alpha value is -1.63. The van der Waals surface area contributed by atoms with Crippen LogP contribution in [0.25, 0.3) is 0 Å². The lowest BCUT2D eigenvalue weighted by Crippen LogP contribution is -2.58. The molecule has 0 aromatic rings. The van der Waals surface area contributed by atoms with E-state index in [9.17, 15) is 14.4 Å². The summed E-state index contributed by atoms with van der Waals surface area (Å²) in [4.78, 5) is 41.2. The molecule has 2 heterocycles. The highest BCUT2D eigenvalue weighted by molar-refractivity contribution is 6.09. The van der Waals surface area contributed by atoms with Crippen molar-refractivity contribution in [1.82, 2.24) is 15.1 Å². The molecule has 0 radical (unpaired) electrons. The first kappa shape index (κ1) is 20.1. The maximum Gasteiger partial charge on any atom is 0.325 e. The zero-order valence-corrected chi connectivity index (χ0v) is 17.3. The third-order valence-corrected chi connectivity index (χ3v) is 6.55. The third kappa shape index (κ3) is 3.71. The fraction of sp³-hybridized carbons (Fsp3) is 0.850. The molecule has 152 valence electrons. The fourth-order valence-electron chi connectivity index (χ4n) is 4.68. The molecule has 1 N–H and O–H groups in total. The van der Waals surface area contributed by atoms with Gasteiger partial charge in [0.25, 0.3) is 5.91 Å². The molecule has 0 bridgehead atoms. The molecule has 3 fully saturated rings. The van der Waals surface area contributed by atoms with Gasteiger partial charge in [-0.15, -0.1) is 0 Å². The maximum absolute atomic E-state index is 13.1. The van der Waals surface area contributed by atoms with Gasteiger partial charge in [-0.05, 0) is 50.9 Å². The van der Waals surface area contributed by atoms with Crippen molar-refractivity contribution in [1.29, 1.82) is 0 Å². The van der Waals surface area contributed by atoms with Crippen molar-refractivity contribution in [2.45, 2.75) is 71.4 Å². The number of carbonyl (C=O) groups is 3. The number of urea groups is 1. The molecular weight excluding hydrogens is 346 g/mol. The lowest BCUT2D eigenvalue weighted by Gasteiger charge is -2.42. The molecule has 7 nitrogen and oxygen atoms in total. The van der Waals surface area contributed by atoms with Crippen LogP contribution < -0.4 is 5.32 Å². The van der Waals surface area contributed by atoms with Crippen molar-refractivity contribution in [3.63, 3.8) is 0 Å². The number of hydrogen-bond donors (Lipinski definition) is 1. The molecular formula is C20H33N3O4. The zero-order chi connectivity index (χ0) is 20.0. The molecule has 0 atom stereocenters. The van der Waals surface area contributed by atoms with E-state index in [-0.39, 0.29) is 23.8 Å². The summed E-state index contributed by atoms with van der Waals surface area (Å²) in [6, 6.07) is -0.436. The Bertz CT molecular complexity index is 630. The van der Waals surface area contributed by atoms with E-state index in [1.54, 1.807) is 4.90 Å². The zero-order valence-electron chi connectivity index (χ0n) is 17.3. The first-order valence-corrected chi connectivity index (χ1v) is 9.99. The standard InChI is InChI=1S/C20H33N3O4/c1-18(2,3)14-6-8-20(9-7-14)16(25)22(17(26)21-20)12-15(24)23-10-11-27-13-19(23,4)5/h14H,6-13H2,1-5H3,(H,21,26). The van der Waals surface area contributed by atoms with Crippen LogP contribution in [-0.2, 0) is 14.3 Å². The first-order chi connectivity index (χ1) is 12.5. The van der Waals surface area contributed by atoms with Gasteiger partial charge in [0.15, 0.2) is 0 Å². The van der Waals surface area contributed by atoms with Gasteiger partial charge in [0.05, 0.1) is 18.8 Å². The fourth-order valence-corrected chi connectivity index (χ4v) is 4.68. The van der Waals surface area contributed by atoms with E-state index in [4.69, 9.17) is 4.74 Å². The summed E-state index contributed by atoms with van der Waals surface area (Å²) in [7, 11) is 0. The second-order valence-corrected chi connectivity index (χ2v) is 9.95. The van der Waals surface area contributed by atoms with E-state index in [1.807, 2.05) is 13.8 Å². The van der Waals surface area contributed by atoms with E-state index in [2.05, 4.69) is 26.1 Å². The second kappa shape index (κ2) is 6.76. The molecule has 0 aromatic heterocycles. The van der Waals surface area contributed by atoms with Crippen LogP contribution in [0.1, 0.15) is 60.3 Å². The molecule has 27 heavy (non-hydrogen) atoms. The van der Waals surface area contributed by atoms with Gasteiger partial charge in [-0.2, -0.15) is 0 Å². The smallest absolute Gasteiger partial charge is 0.325 e. The van der Waals surface area contributed by atoms with Crippen molar-refractivity contribution in [3.05, 3.63) is 0 Å². The number of nitrogens with one attached hydrogen (secondary N) is 1. The summed E-state index contributed by atoms with van der Waals surface area (Å²) in [5.74, 6) is 0.101. The highest BCUT2D eigenvalue weighted by Crippen LogP contribution is 2.43. The molecule has 1 saturated carbocycles. The minimum atomic E-state index is -0.820. The van der Waals surface area contributed by atoms with Crippen molar-refractivity contribution >= 4 is 17.8 Å². The number of ether oxygens (including phenoxy) is 1. The summed E-state index contributed by atoms with van der Waals surface area (Å²) < 4.78 is 5.45. The van der Waals surface area contributed by atoms with Crippen LogP contribution in [0.15, 0.2) is 0 Å². The first-order valence-electron chi connectivity index (χ1n) is 9.99. The van der Waals surface area contributed by atoms with E-state index < -0.39 is 17.1 Å². The number of nitrogens with zero attached hydrogens (tertiary/aromatic N) is 2. The van der Waals surface area contributed by atoms with Crippen molar-refractivity contribution in [3.8, 4) is 0 Å². The van der Waals surface area contributed by atoms with Gasteiger partial charge in [-0.25, -0.2) is 4.79 Å². The Labute approximate surface area is 161 Å². The van der Waals surface area contributed by atoms with E-state index in [0.717, 1.165) is 17.7 Å². The predicted octanol–water partition coefficient (Wildman–Crippen LogP) is 2.15. The average Bonchev–Trinajstić information content (AvgIpc) is 2.78. The maximum atomic E-state index is 13.1. The minimum Gasteiger partial charge on any atom is -0.377 e. The molecule has 2 saturated heterocycles. The minimum absolute atomic E-state index is 0.196. The summed E-state index contributed by atoms with van der Waals surface area (Å²) in [6.45, 7) is 11.8. The molecule has 0 unspecified atom stereocenters. The number of amides is 4. The third-order valence-electron chi connectivity index (χ3n) is 6.55. The SMILES string of the molecule is CC(C)(C)C1CCC2(CC1)NC(=O)N(CC(=O)N1CCOCC1(C)C)C2=O. The summed E-state index contributed by atoms with van der Waals surface area (Å²) in [5.41, 5.74) is -1.05. The number of hydrogen-bond acceptors (Lipinski definition) is 4. The average molecular weight is 380 g/mol. The predicted molar refractivity (Wildman–Crippen MR) is 101 cm³/mol. The molecule has 2 aliphatic heterocycles. The lowest BCUT2D eigenvalue weighted by atomic mass is 9.67. The largest absolute Gasteiger partial charge is 0.377 e. The second-order valence-electron chi connectivity index (χ2n) is 9.95. The van der Waals surface area contributed by atoms with Gasteiger partial charge in [-0.3, -0.25) is 14.5 Å². The molecule has 1 spiro atoms. The number of morpholine rings is 1. The Morgan fingerprint density at radius 1 is 1.22 bits per heavy atom. The number of imide groups is 1.